The van der Waals surface area contributed by atoms with E-state index in [1.165, 1.54) is 22.3 Å². The fourth-order valence-electron chi connectivity index (χ4n) is 8.64. The Hall–Kier alpha value is -4.17. The average Bonchev–Trinajstić information content (AvgIpc) is 3.90. The van der Waals surface area contributed by atoms with Crippen LogP contribution in [0.5, 0.6) is 0 Å². The van der Waals surface area contributed by atoms with Crippen LogP contribution in [0.25, 0.3) is 44.2 Å². The Bertz CT molecular complexity index is 2060. The predicted molar refractivity (Wildman–Crippen MR) is 191 cm³/mol. The Morgan fingerprint density at radius 1 is 0.917 bits per heavy atom. The summed E-state index contributed by atoms with van der Waals surface area (Å²) >= 11 is 6.80. The molecule has 0 saturated carbocycles. The van der Waals surface area contributed by atoms with Crippen LogP contribution in [0.15, 0.2) is 42.5 Å². The Morgan fingerprint density at radius 3 is 2.44 bits per heavy atom. The number of halogens is 1. The number of hydrogen-bond acceptors (Lipinski definition) is 4. The van der Waals surface area contributed by atoms with Gasteiger partial charge in [0.25, 0.3) is 0 Å². The highest BCUT2D eigenvalue weighted by atomic mass is 35.5. The summed E-state index contributed by atoms with van der Waals surface area (Å²) < 4.78 is 0. The number of hydrogen-bond donors (Lipinski definition) is 2. The van der Waals surface area contributed by atoms with Gasteiger partial charge in [0.05, 0.1) is 23.1 Å². The largest absolute Gasteiger partial charge is 0.340 e. The standard InChI is InChI=1S/C39H43ClN6O2/c1-21(2)18-34(48)46-23(4)9-17-33(46)39-41-31-15-11-25-19-24(10-12-27(25)35(31)42-39)26-13-14-30(29-7-5-6-28(26)29)36-37(40)44-38(43-36)32-16-8-22(3)45(32)20-47/h10-15,19-23,32-33H,5-9,16-18H2,1-4H3,(H,41,42)(H,43,44). The SMILES string of the molecule is CC(C)CC(=O)N1C(C)CCC1c1nc2c(ccc3cc(-c4ccc(-c5nc(C6CCC(C)N6C=O)[nH]c5Cl)c5c4CCC5)ccc32)[nH]1. The molecule has 9 heteroatoms. The molecule has 3 aromatic carbocycles. The van der Waals surface area contributed by atoms with Gasteiger partial charge in [0.15, 0.2) is 0 Å². The monoisotopic (exact) mass is 662 g/mol. The van der Waals surface area contributed by atoms with Crippen molar-refractivity contribution in [3.8, 4) is 22.4 Å². The topological polar surface area (TPSA) is 98.0 Å². The van der Waals surface area contributed by atoms with Gasteiger partial charge < -0.3 is 19.8 Å². The van der Waals surface area contributed by atoms with Crippen molar-refractivity contribution in [2.24, 2.45) is 5.92 Å². The van der Waals surface area contributed by atoms with E-state index in [0.717, 1.165) is 96.1 Å². The molecular formula is C39H43ClN6O2. The first-order valence-corrected chi connectivity index (χ1v) is 18.0. The number of nitrogens with zero attached hydrogens (tertiary/aromatic N) is 4. The number of imidazole rings is 2. The van der Waals surface area contributed by atoms with Gasteiger partial charge in [0, 0.05) is 29.5 Å². The third kappa shape index (κ3) is 5.11. The Kier molecular flexibility index (Phi) is 7.82. The molecule has 2 N–H and O–H groups in total. The van der Waals surface area contributed by atoms with E-state index in [1.807, 2.05) is 4.90 Å². The molecule has 248 valence electrons. The van der Waals surface area contributed by atoms with E-state index in [1.54, 1.807) is 0 Å². The zero-order valence-corrected chi connectivity index (χ0v) is 28.9. The van der Waals surface area contributed by atoms with Crippen molar-refractivity contribution in [1.29, 1.82) is 0 Å². The third-order valence-corrected chi connectivity index (χ3v) is 11.3. The molecule has 3 aliphatic rings. The molecule has 0 spiro atoms. The Morgan fingerprint density at radius 2 is 1.65 bits per heavy atom. The summed E-state index contributed by atoms with van der Waals surface area (Å²) in [6.07, 6.45) is 8.34. The summed E-state index contributed by atoms with van der Waals surface area (Å²) in [6.45, 7) is 8.43. The van der Waals surface area contributed by atoms with Crippen LogP contribution in [0.1, 0.15) is 101 Å². The van der Waals surface area contributed by atoms with Crippen LogP contribution in [0.3, 0.4) is 0 Å². The average molecular weight is 663 g/mol. The number of aromatic amines is 2. The van der Waals surface area contributed by atoms with Gasteiger partial charge in [-0.15, -0.1) is 0 Å². The molecule has 2 aromatic heterocycles. The number of fused-ring (bicyclic) bond motifs is 4. The number of benzene rings is 3. The van der Waals surface area contributed by atoms with Crippen LogP contribution >= 0.6 is 11.6 Å². The highest BCUT2D eigenvalue weighted by Crippen LogP contribution is 2.43. The number of aromatic nitrogens is 4. The molecule has 1 aliphatic carbocycles. The second kappa shape index (κ2) is 12.1. The lowest BCUT2D eigenvalue weighted by molar-refractivity contribution is -0.134. The van der Waals surface area contributed by atoms with Gasteiger partial charge >= 0.3 is 0 Å². The van der Waals surface area contributed by atoms with Gasteiger partial charge in [-0.2, -0.15) is 0 Å². The summed E-state index contributed by atoms with van der Waals surface area (Å²) in [5, 5.41) is 2.79. The number of carbonyl (C=O) groups excluding carboxylic acids is 2. The summed E-state index contributed by atoms with van der Waals surface area (Å²) in [5.41, 5.74) is 8.93. The van der Waals surface area contributed by atoms with Gasteiger partial charge in [-0.3, -0.25) is 9.59 Å². The molecule has 8 rings (SSSR count). The summed E-state index contributed by atoms with van der Waals surface area (Å²) in [4.78, 5) is 45.9. The molecular weight excluding hydrogens is 620 g/mol. The molecule has 4 atom stereocenters. The lowest BCUT2D eigenvalue weighted by Crippen LogP contribution is -2.36. The minimum absolute atomic E-state index is 0.0149. The van der Waals surface area contributed by atoms with Crippen molar-refractivity contribution in [1.82, 2.24) is 29.7 Å². The molecule has 4 unspecified atom stereocenters. The fourth-order valence-corrected chi connectivity index (χ4v) is 8.88. The van der Waals surface area contributed by atoms with E-state index in [4.69, 9.17) is 21.6 Å². The van der Waals surface area contributed by atoms with Crippen LogP contribution in [0.4, 0.5) is 0 Å². The van der Waals surface area contributed by atoms with Crippen LogP contribution in [0.2, 0.25) is 5.15 Å². The molecule has 2 fully saturated rings. The van der Waals surface area contributed by atoms with Crippen molar-refractivity contribution in [3.63, 3.8) is 0 Å². The van der Waals surface area contributed by atoms with E-state index < -0.39 is 0 Å². The maximum atomic E-state index is 13.2. The van der Waals surface area contributed by atoms with Crippen molar-refractivity contribution in [3.05, 3.63) is 70.4 Å². The lowest BCUT2D eigenvalue weighted by atomic mass is 9.91. The zero-order chi connectivity index (χ0) is 33.3. The van der Waals surface area contributed by atoms with Gasteiger partial charge in [0.2, 0.25) is 12.3 Å². The zero-order valence-electron chi connectivity index (χ0n) is 28.1. The van der Waals surface area contributed by atoms with Crippen LogP contribution in [-0.2, 0) is 22.4 Å². The Balaban J connectivity index is 1.12. The van der Waals surface area contributed by atoms with E-state index in [2.05, 4.69) is 85.0 Å². The number of likely N-dealkylation sites (tertiary alicyclic amines) is 2. The first kappa shape index (κ1) is 31.1. The van der Waals surface area contributed by atoms with Crippen LogP contribution in [0, 0.1) is 5.92 Å². The summed E-state index contributed by atoms with van der Waals surface area (Å²) in [5.74, 6) is 2.20. The molecule has 0 radical (unpaired) electrons. The molecule has 48 heavy (non-hydrogen) atoms. The van der Waals surface area contributed by atoms with E-state index in [0.29, 0.717) is 17.5 Å². The van der Waals surface area contributed by atoms with Crippen molar-refractivity contribution < 1.29 is 9.59 Å². The molecule has 2 aliphatic heterocycles. The number of amides is 2. The molecule has 2 saturated heterocycles. The van der Waals surface area contributed by atoms with Crippen molar-refractivity contribution >= 4 is 45.7 Å². The molecule has 4 heterocycles. The first-order chi connectivity index (χ1) is 23.2. The second-order valence-electron chi connectivity index (χ2n) is 14.6. The smallest absolute Gasteiger partial charge is 0.223 e. The van der Waals surface area contributed by atoms with Crippen LogP contribution < -0.4 is 0 Å². The maximum absolute atomic E-state index is 13.2. The number of rotatable bonds is 7. The molecule has 0 bridgehead atoms. The Labute approximate surface area is 286 Å². The molecule has 5 aromatic rings. The van der Waals surface area contributed by atoms with E-state index >= 15 is 0 Å². The number of H-pyrrole nitrogens is 2. The van der Waals surface area contributed by atoms with Gasteiger partial charge in [0.1, 0.15) is 22.5 Å². The number of carbonyl (C=O) groups is 2. The van der Waals surface area contributed by atoms with E-state index in [-0.39, 0.29) is 30.1 Å². The van der Waals surface area contributed by atoms with Gasteiger partial charge in [-0.25, -0.2) is 9.97 Å². The normalized spacial score (nSPS) is 22.5. The highest BCUT2D eigenvalue weighted by Gasteiger charge is 2.37. The first-order valence-electron chi connectivity index (χ1n) is 17.6. The van der Waals surface area contributed by atoms with Gasteiger partial charge in [-0.1, -0.05) is 55.8 Å². The quantitative estimate of drug-likeness (QED) is 0.170. The third-order valence-electron chi connectivity index (χ3n) is 11.0. The minimum Gasteiger partial charge on any atom is -0.340 e. The fraction of sp³-hybridized carbons (Fsp3) is 0.436. The highest BCUT2D eigenvalue weighted by molar-refractivity contribution is 6.32. The summed E-state index contributed by atoms with van der Waals surface area (Å²) in [6, 6.07) is 15.7. The molecule has 8 nitrogen and oxygen atoms in total. The van der Waals surface area contributed by atoms with Crippen molar-refractivity contribution in [2.45, 2.75) is 103 Å². The van der Waals surface area contributed by atoms with E-state index in [9.17, 15) is 9.59 Å². The number of nitrogens with one attached hydrogen (secondary N) is 2. The maximum Gasteiger partial charge on any atom is 0.223 e. The molecule has 2 amide bonds. The lowest BCUT2D eigenvalue weighted by Gasteiger charge is -2.28. The summed E-state index contributed by atoms with van der Waals surface area (Å²) in [7, 11) is 0. The van der Waals surface area contributed by atoms with Crippen molar-refractivity contribution in [2.75, 3.05) is 0 Å². The minimum atomic E-state index is -0.0706. The van der Waals surface area contributed by atoms with Gasteiger partial charge in [-0.05, 0) is 104 Å². The predicted octanol–water partition coefficient (Wildman–Crippen LogP) is 8.70. The van der Waals surface area contributed by atoms with Crippen LogP contribution in [-0.4, -0.2) is 54.1 Å². The second-order valence-corrected chi connectivity index (χ2v) is 15.0.